The van der Waals surface area contributed by atoms with Crippen LogP contribution in [0, 0.1) is 10.1 Å². The standard InChI is InChI=1S/C20H20ClN5O3/c1-14(20(27)23-19-9-8-17(26(28)29)10-18(19)21)24(2)12-15-11-22-25(13-15)16-6-4-3-5-7-16/h3-11,13-14H,12H2,1-2H3,(H,23,27). The average molecular weight is 414 g/mol. The number of benzene rings is 2. The maximum atomic E-state index is 12.6. The number of hydrogen-bond donors (Lipinski definition) is 1. The van der Waals surface area contributed by atoms with Gasteiger partial charge in [-0.05, 0) is 32.2 Å². The number of nitrogens with one attached hydrogen (secondary N) is 1. The quantitative estimate of drug-likeness (QED) is 0.468. The zero-order valence-electron chi connectivity index (χ0n) is 15.9. The highest BCUT2D eigenvalue weighted by molar-refractivity contribution is 6.34. The van der Waals surface area contributed by atoms with Crippen molar-refractivity contribution >= 4 is 28.9 Å². The first-order valence-corrected chi connectivity index (χ1v) is 9.27. The van der Waals surface area contributed by atoms with Crippen molar-refractivity contribution in [3.63, 3.8) is 0 Å². The molecule has 0 saturated heterocycles. The van der Waals surface area contributed by atoms with Crippen molar-refractivity contribution in [1.29, 1.82) is 0 Å². The smallest absolute Gasteiger partial charge is 0.271 e. The van der Waals surface area contributed by atoms with Gasteiger partial charge in [0.1, 0.15) is 0 Å². The fourth-order valence-electron chi connectivity index (χ4n) is 2.74. The molecule has 0 saturated carbocycles. The largest absolute Gasteiger partial charge is 0.323 e. The number of nitro benzene ring substituents is 1. The van der Waals surface area contributed by atoms with Crippen LogP contribution < -0.4 is 5.32 Å². The Hall–Kier alpha value is -3.23. The van der Waals surface area contributed by atoms with E-state index in [2.05, 4.69) is 10.4 Å². The SMILES string of the molecule is CC(C(=O)Nc1ccc([N+](=O)[O-])cc1Cl)N(C)Cc1cnn(-c2ccccc2)c1. The summed E-state index contributed by atoms with van der Waals surface area (Å²) in [6.45, 7) is 2.30. The number of rotatable bonds is 7. The molecule has 8 nitrogen and oxygen atoms in total. The van der Waals surface area contributed by atoms with E-state index in [4.69, 9.17) is 11.6 Å². The van der Waals surface area contributed by atoms with Gasteiger partial charge in [0.2, 0.25) is 5.91 Å². The van der Waals surface area contributed by atoms with Gasteiger partial charge in [-0.25, -0.2) is 4.68 Å². The van der Waals surface area contributed by atoms with Gasteiger partial charge in [0, 0.05) is 30.4 Å². The number of hydrogen-bond acceptors (Lipinski definition) is 5. The van der Waals surface area contributed by atoms with E-state index in [9.17, 15) is 14.9 Å². The van der Waals surface area contributed by atoms with Crippen LogP contribution in [0.3, 0.4) is 0 Å². The number of non-ortho nitro benzene ring substituents is 1. The van der Waals surface area contributed by atoms with Crippen molar-refractivity contribution in [2.75, 3.05) is 12.4 Å². The molecule has 1 unspecified atom stereocenters. The van der Waals surface area contributed by atoms with Gasteiger partial charge >= 0.3 is 0 Å². The third-order valence-electron chi connectivity index (χ3n) is 4.55. The molecule has 9 heteroatoms. The number of likely N-dealkylation sites (N-methyl/N-ethyl adjacent to an activating group) is 1. The monoisotopic (exact) mass is 413 g/mol. The minimum absolute atomic E-state index is 0.117. The third kappa shape index (κ3) is 4.98. The number of para-hydroxylation sites is 1. The molecule has 3 rings (SSSR count). The lowest BCUT2D eigenvalue weighted by Crippen LogP contribution is -2.39. The van der Waals surface area contributed by atoms with Crippen LogP contribution in [0.5, 0.6) is 0 Å². The number of aromatic nitrogens is 2. The molecule has 29 heavy (non-hydrogen) atoms. The summed E-state index contributed by atoms with van der Waals surface area (Å²) in [5.41, 5.74) is 2.12. The molecule has 1 heterocycles. The first-order valence-electron chi connectivity index (χ1n) is 8.89. The molecule has 0 aliphatic rings. The Morgan fingerprint density at radius 1 is 1.31 bits per heavy atom. The van der Waals surface area contributed by atoms with Gasteiger partial charge in [-0.2, -0.15) is 5.10 Å². The first-order chi connectivity index (χ1) is 13.8. The molecule has 1 amide bonds. The lowest BCUT2D eigenvalue weighted by atomic mass is 10.2. The molecule has 1 atom stereocenters. The van der Waals surface area contributed by atoms with E-state index in [1.54, 1.807) is 17.8 Å². The summed E-state index contributed by atoms with van der Waals surface area (Å²) in [5.74, 6) is -0.265. The van der Waals surface area contributed by atoms with Gasteiger partial charge in [-0.1, -0.05) is 29.8 Å². The number of carbonyl (C=O) groups excluding carboxylic acids is 1. The van der Waals surface area contributed by atoms with Crippen LogP contribution >= 0.6 is 11.6 Å². The lowest BCUT2D eigenvalue weighted by molar-refractivity contribution is -0.384. The Labute approximate surface area is 172 Å². The average Bonchev–Trinajstić information content (AvgIpc) is 3.17. The predicted molar refractivity (Wildman–Crippen MR) is 111 cm³/mol. The van der Waals surface area contributed by atoms with E-state index >= 15 is 0 Å². The summed E-state index contributed by atoms with van der Waals surface area (Å²) in [4.78, 5) is 24.7. The Kier molecular flexibility index (Phi) is 6.26. The minimum Gasteiger partial charge on any atom is -0.323 e. The van der Waals surface area contributed by atoms with Crippen molar-refractivity contribution in [2.45, 2.75) is 19.5 Å². The van der Waals surface area contributed by atoms with Crippen molar-refractivity contribution in [3.05, 3.63) is 81.6 Å². The molecule has 3 aromatic rings. The third-order valence-corrected chi connectivity index (χ3v) is 4.86. The van der Waals surface area contributed by atoms with E-state index in [1.165, 1.54) is 18.2 Å². The van der Waals surface area contributed by atoms with E-state index in [0.29, 0.717) is 12.2 Å². The van der Waals surface area contributed by atoms with E-state index in [1.807, 2.05) is 48.5 Å². The van der Waals surface area contributed by atoms with Gasteiger partial charge in [-0.15, -0.1) is 0 Å². The fraction of sp³-hybridized carbons (Fsp3) is 0.200. The predicted octanol–water partition coefficient (Wildman–Crippen LogP) is 3.89. The summed E-state index contributed by atoms with van der Waals surface area (Å²) in [6.07, 6.45) is 3.69. The topological polar surface area (TPSA) is 93.3 Å². The highest BCUT2D eigenvalue weighted by Gasteiger charge is 2.20. The summed E-state index contributed by atoms with van der Waals surface area (Å²) in [6, 6.07) is 13.2. The highest BCUT2D eigenvalue weighted by Crippen LogP contribution is 2.27. The minimum atomic E-state index is -0.538. The number of carbonyl (C=O) groups is 1. The van der Waals surface area contributed by atoms with Crippen LogP contribution in [0.25, 0.3) is 5.69 Å². The second-order valence-corrected chi connectivity index (χ2v) is 7.04. The Balaban J connectivity index is 1.63. The van der Waals surface area contributed by atoms with E-state index in [-0.39, 0.29) is 16.6 Å². The number of anilines is 1. The normalized spacial score (nSPS) is 12.0. The van der Waals surface area contributed by atoms with Gasteiger partial charge < -0.3 is 5.32 Å². The zero-order chi connectivity index (χ0) is 21.0. The number of nitrogens with zero attached hydrogens (tertiary/aromatic N) is 4. The van der Waals surface area contributed by atoms with Gasteiger partial charge in [0.05, 0.1) is 33.6 Å². The van der Waals surface area contributed by atoms with Gasteiger partial charge in [0.15, 0.2) is 0 Å². The maximum absolute atomic E-state index is 12.6. The molecule has 0 fully saturated rings. The van der Waals surface area contributed by atoms with Crippen LogP contribution in [0.2, 0.25) is 5.02 Å². The highest BCUT2D eigenvalue weighted by atomic mass is 35.5. The molecular weight excluding hydrogens is 394 g/mol. The second kappa shape index (κ2) is 8.85. The molecule has 150 valence electrons. The molecule has 0 spiro atoms. The Morgan fingerprint density at radius 2 is 2.03 bits per heavy atom. The molecule has 0 aliphatic carbocycles. The van der Waals surface area contributed by atoms with Crippen LogP contribution in [0.1, 0.15) is 12.5 Å². The van der Waals surface area contributed by atoms with Crippen LogP contribution in [-0.4, -0.2) is 38.6 Å². The fourth-order valence-corrected chi connectivity index (χ4v) is 2.97. The summed E-state index contributed by atoms with van der Waals surface area (Å²) < 4.78 is 1.78. The maximum Gasteiger partial charge on any atom is 0.271 e. The molecule has 1 aromatic heterocycles. The number of amides is 1. The Morgan fingerprint density at radius 3 is 2.69 bits per heavy atom. The summed E-state index contributed by atoms with van der Waals surface area (Å²) in [7, 11) is 1.83. The van der Waals surface area contributed by atoms with Crippen molar-refractivity contribution in [3.8, 4) is 5.69 Å². The van der Waals surface area contributed by atoms with E-state index < -0.39 is 11.0 Å². The van der Waals surface area contributed by atoms with Crippen molar-refractivity contribution < 1.29 is 9.72 Å². The van der Waals surface area contributed by atoms with Crippen molar-refractivity contribution in [1.82, 2.24) is 14.7 Å². The summed E-state index contributed by atoms with van der Waals surface area (Å²) >= 11 is 6.05. The van der Waals surface area contributed by atoms with Gasteiger partial charge in [0.25, 0.3) is 5.69 Å². The first kappa shape index (κ1) is 20.5. The molecule has 0 bridgehead atoms. The molecular formula is C20H20ClN5O3. The molecule has 0 radical (unpaired) electrons. The van der Waals surface area contributed by atoms with Crippen LogP contribution in [0.4, 0.5) is 11.4 Å². The molecule has 0 aliphatic heterocycles. The number of nitro groups is 1. The zero-order valence-corrected chi connectivity index (χ0v) is 16.7. The molecule has 2 aromatic carbocycles. The van der Waals surface area contributed by atoms with E-state index in [0.717, 1.165) is 11.3 Å². The molecule has 1 N–H and O–H groups in total. The van der Waals surface area contributed by atoms with Crippen molar-refractivity contribution in [2.24, 2.45) is 0 Å². The Bertz CT molecular complexity index is 1020. The van der Waals surface area contributed by atoms with Gasteiger partial charge in [-0.3, -0.25) is 19.8 Å². The lowest BCUT2D eigenvalue weighted by Gasteiger charge is -2.23. The number of halogens is 1. The van der Waals surface area contributed by atoms with Crippen LogP contribution in [0.15, 0.2) is 60.9 Å². The second-order valence-electron chi connectivity index (χ2n) is 6.63. The van der Waals surface area contributed by atoms with Crippen LogP contribution in [-0.2, 0) is 11.3 Å². The summed E-state index contributed by atoms with van der Waals surface area (Å²) in [5, 5.41) is 18.0.